The number of hydrogen-bond acceptors (Lipinski definition) is 2. The van der Waals surface area contributed by atoms with E-state index in [9.17, 15) is 0 Å². The first-order valence-electron chi connectivity index (χ1n) is 7.65. The van der Waals surface area contributed by atoms with E-state index in [4.69, 9.17) is 16.0 Å². The van der Waals surface area contributed by atoms with Gasteiger partial charge in [-0.05, 0) is 42.8 Å². The average Bonchev–Trinajstić information content (AvgIpc) is 2.93. The molecule has 0 spiro atoms. The molecule has 1 aromatic heterocycles. The Balaban J connectivity index is 1.91. The summed E-state index contributed by atoms with van der Waals surface area (Å²) in [5.74, 6) is 0.314. The second-order valence-corrected chi connectivity index (χ2v) is 6.53. The molecular weight excluding hydrogens is 294 g/mol. The largest absolute Gasteiger partial charge is 0.464 e. The highest BCUT2D eigenvalue weighted by atomic mass is 35.5. The molecule has 22 heavy (non-hydrogen) atoms. The molecule has 1 unspecified atom stereocenters. The molecule has 0 bridgehead atoms. The number of furan rings is 1. The van der Waals surface area contributed by atoms with Gasteiger partial charge in [0, 0.05) is 35.0 Å². The molecule has 0 aliphatic carbocycles. The van der Waals surface area contributed by atoms with E-state index in [0.717, 1.165) is 30.1 Å². The highest BCUT2D eigenvalue weighted by molar-refractivity contribution is 6.30. The molecule has 0 saturated carbocycles. The van der Waals surface area contributed by atoms with Crippen LogP contribution in [0, 0.1) is 0 Å². The van der Waals surface area contributed by atoms with Crippen LogP contribution in [0.15, 0.2) is 53.1 Å². The minimum absolute atomic E-state index is 0.314. The number of nitrogens with zero attached hydrogens (tertiary/aromatic N) is 1. The molecule has 1 atom stereocenters. The van der Waals surface area contributed by atoms with E-state index in [2.05, 4.69) is 42.3 Å². The van der Waals surface area contributed by atoms with Gasteiger partial charge in [0.05, 0.1) is 6.26 Å². The second kappa shape index (κ2) is 5.45. The van der Waals surface area contributed by atoms with E-state index >= 15 is 0 Å². The number of benzene rings is 2. The van der Waals surface area contributed by atoms with E-state index in [-0.39, 0.29) is 0 Å². The number of fused-ring (bicyclic) bond motifs is 2. The van der Waals surface area contributed by atoms with Gasteiger partial charge in [-0.1, -0.05) is 35.9 Å². The quantitative estimate of drug-likeness (QED) is 0.647. The van der Waals surface area contributed by atoms with Crippen LogP contribution in [-0.2, 0) is 6.42 Å². The predicted molar refractivity (Wildman–Crippen MR) is 90.7 cm³/mol. The van der Waals surface area contributed by atoms with Crippen LogP contribution in [-0.4, -0.2) is 25.0 Å². The summed E-state index contributed by atoms with van der Waals surface area (Å²) in [6.07, 6.45) is 2.81. The van der Waals surface area contributed by atoms with Crippen molar-refractivity contribution >= 4 is 22.6 Å². The molecule has 0 N–H and O–H groups in total. The maximum absolute atomic E-state index is 6.21. The van der Waals surface area contributed by atoms with E-state index in [1.807, 2.05) is 12.1 Å². The topological polar surface area (TPSA) is 16.4 Å². The zero-order chi connectivity index (χ0) is 15.1. The van der Waals surface area contributed by atoms with Gasteiger partial charge < -0.3 is 9.32 Å². The van der Waals surface area contributed by atoms with Crippen molar-refractivity contribution < 1.29 is 4.42 Å². The molecule has 0 amide bonds. The van der Waals surface area contributed by atoms with Crippen molar-refractivity contribution in [2.24, 2.45) is 0 Å². The minimum atomic E-state index is 0.314. The van der Waals surface area contributed by atoms with Crippen molar-refractivity contribution in [3.63, 3.8) is 0 Å². The highest BCUT2D eigenvalue weighted by Gasteiger charge is 2.25. The molecule has 0 saturated heterocycles. The summed E-state index contributed by atoms with van der Waals surface area (Å²) in [7, 11) is 2.18. The van der Waals surface area contributed by atoms with Crippen LogP contribution in [0.25, 0.3) is 11.0 Å². The lowest BCUT2D eigenvalue weighted by Gasteiger charge is -2.22. The Kier molecular flexibility index (Phi) is 3.44. The first-order chi connectivity index (χ1) is 10.7. The number of rotatable bonds is 1. The van der Waals surface area contributed by atoms with Crippen molar-refractivity contribution in [3.8, 4) is 0 Å². The summed E-state index contributed by atoms with van der Waals surface area (Å²) in [6.45, 7) is 2.05. The summed E-state index contributed by atoms with van der Waals surface area (Å²) in [5, 5.41) is 1.98. The molecule has 1 aliphatic heterocycles. The van der Waals surface area contributed by atoms with E-state index in [0.29, 0.717) is 5.92 Å². The Morgan fingerprint density at radius 1 is 1.14 bits per heavy atom. The van der Waals surface area contributed by atoms with E-state index < -0.39 is 0 Å². The van der Waals surface area contributed by atoms with Gasteiger partial charge in [-0.2, -0.15) is 0 Å². The van der Waals surface area contributed by atoms with Gasteiger partial charge in [-0.3, -0.25) is 0 Å². The number of hydrogen-bond donors (Lipinski definition) is 0. The Morgan fingerprint density at radius 2 is 2.05 bits per heavy atom. The number of halogens is 1. The molecule has 112 valence electrons. The molecule has 2 aromatic carbocycles. The van der Waals surface area contributed by atoms with Crippen LogP contribution in [0.4, 0.5) is 0 Å². The Hall–Kier alpha value is -1.77. The van der Waals surface area contributed by atoms with Crippen molar-refractivity contribution in [2.45, 2.75) is 12.3 Å². The van der Waals surface area contributed by atoms with Crippen LogP contribution >= 0.6 is 11.6 Å². The van der Waals surface area contributed by atoms with Crippen molar-refractivity contribution in [2.75, 3.05) is 20.1 Å². The fourth-order valence-electron chi connectivity index (χ4n) is 3.50. The minimum Gasteiger partial charge on any atom is -0.464 e. The van der Waals surface area contributed by atoms with Gasteiger partial charge in [0.15, 0.2) is 0 Å². The average molecular weight is 312 g/mol. The van der Waals surface area contributed by atoms with Gasteiger partial charge in [0.2, 0.25) is 0 Å². The summed E-state index contributed by atoms with van der Waals surface area (Å²) >= 11 is 6.21. The molecular formula is C19H18ClNO. The van der Waals surface area contributed by atoms with Crippen molar-refractivity contribution in [1.29, 1.82) is 0 Å². The number of para-hydroxylation sites is 1. The monoisotopic (exact) mass is 311 g/mol. The first kappa shape index (κ1) is 13.9. The van der Waals surface area contributed by atoms with E-state index in [1.54, 1.807) is 6.26 Å². The van der Waals surface area contributed by atoms with Gasteiger partial charge in [-0.25, -0.2) is 0 Å². The maximum atomic E-state index is 6.21. The third kappa shape index (κ3) is 2.33. The van der Waals surface area contributed by atoms with E-state index in [1.165, 1.54) is 22.1 Å². The Bertz CT molecular complexity index is 823. The zero-order valence-electron chi connectivity index (χ0n) is 12.6. The molecule has 0 fully saturated rings. The molecule has 3 heteroatoms. The van der Waals surface area contributed by atoms with Crippen molar-refractivity contribution in [1.82, 2.24) is 4.90 Å². The van der Waals surface area contributed by atoms with Gasteiger partial charge in [0.1, 0.15) is 5.58 Å². The third-order valence-electron chi connectivity index (χ3n) is 4.62. The van der Waals surface area contributed by atoms with Crippen LogP contribution in [0.3, 0.4) is 0 Å². The second-order valence-electron chi connectivity index (χ2n) is 6.09. The summed E-state index contributed by atoms with van der Waals surface area (Å²) in [5.41, 5.74) is 4.99. The zero-order valence-corrected chi connectivity index (χ0v) is 13.3. The van der Waals surface area contributed by atoms with Crippen LogP contribution in [0.5, 0.6) is 0 Å². The van der Waals surface area contributed by atoms with Crippen molar-refractivity contribution in [3.05, 3.63) is 70.4 Å². The molecule has 0 radical (unpaired) electrons. The van der Waals surface area contributed by atoms with Gasteiger partial charge in [-0.15, -0.1) is 0 Å². The number of likely N-dealkylation sites (N-methyl/N-ethyl adjacent to an activating group) is 1. The Labute approximate surface area is 135 Å². The molecule has 4 rings (SSSR count). The fraction of sp³-hybridized carbons (Fsp3) is 0.263. The summed E-state index contributed by atoms with van der Waals surface area (Å²) < 4.78 is 5.77. The van der Waals surface area contributed by atoms with Gasteiger partial charge >= 0.3 is 0 Å². The van der Waals surface area contributed by atoms with Crippen LogP contribution in [0.2, 0.25) is 5.02 Å². The van der Waals surface area contributed by atoms with Crippen LogP contribution in [0.1, 0.15) is 22.6 Å². The standard InChI is InChI=1S/C19H18ClNO/c1-21-9-7-14-11-15(20)5-6-16(14)18(12-21)17-4-2-3-13-8-10-22-19(13)17/h2-6,8,10-11,18H,7,9,12H2,1H3. The summed E-state index contributed by atoms with van der Waals surface area (Å²) in [6, 6.07) is 14.7. The van der Waals surface area contributed by atoms with Crippen LogP contribution < -0.4 is 0 Å². The van der Waals surface area contributed by atoms with Gasteiger partial charge in [0.25, 0.3) is 0 Å². The first-order valence-corrected chi connectivity index (χ1v) is 8.03. The molecule has 2 nitrogen and oxygen atoms in total. The fourth-order valence-corrected chi connectivity index (χ4v) is 3.69. The SMILES string of the molecule is CN1CCc2cc(Cl)ccc2C(c2cccc3ccoc23)C1. The lowest BCUT2D eigenvalue weighted by atomic mass is 9.87. The summed E-state index contributed by atoms with van der Waals surface area (Å²) in [4.78, 5) is 2.39. The Morgan fingerprint density at radius 3 is 2.95 bits per heavy atom. The molecule has 3 aromatic rings. The predicted octanol–water partition coefficient (Wildman–Crippen LogP) is 4.71. The molecule has 1 aliphatic rings. The lowest BCUT2D eigenvalue weighted by Crippen LogP contribution is -2.24. The lowest BCUT2D eigenvalue weighted by molar-refractivity contribution is 0.338. The maximum Gasteiger partial charge on any atom is 0.137 e. The highest BCUT2D eigenvalue weighted by Crippen LogP contribution is 2.36. The molecule has 2 heterocycles. The third-order valence-corrected chi connectivity index (χ3v) is 4.86. The smallest absolute Gasteiger partial charge is 0.137 e. The normalized spacial score (nSPS) is 19.1.